The van der Waals surface area contributed by atoms with Crippen LogP contribution in [0, 0.1) is 0 Å². The fourth-order valence-electron chi connectivity index (χ4n) is 2.61. The molecule has 2 aromatic rings. The van der Waals surface area contributed by atoms with Crippen LogP contribution in [0.2, 0.25) is 0 Å². The number of rotatable bonds is 6. The van der Waals surface area contributed by atoms with Crippen LogP contribution in [0.5, 0.6) is 0 Å². The van der Waals surface area contributed by atoms with Crippen LogP contribution in [0.25, 0.3) is 6.08 Å². The maximum Gasteiger partial charge on any atom is 0.251 e. The maximum atomic E-state index is 12.6. The number of ether oxygens (including phenoxy) is 1. The zero-order valence-corrected chi connectivity index (χ0v) is 16.5. The van der Waals surface area contributed by atoms with Crippen molar-refractivity contribution in [3.63, 3.8) is 0 Å². The van der Waals surface area contributed by atoms with E-state index in [0.717, 1.165) is 0 Å². The van der Waals surface area contributed by atoms with Gasteiger partial charge in [0.25, 0.3) is 5.91 Å². The molecule has 2 heterocycles. The first-order valence-corrected chi connectivity index (χ1v) is 10.7. The lowest BCUT2D eigenvalue weighted by molar-refractivity contribution is -0.111. The van der Waals surface area contributed by atoms with Gasteiger partial charge in [0.05, 0.1) is 23.7 Å². The van der Waals surface area contributed by atoms with Crippen LogP contribution in [0.15, 0.2) is 46.7 Å². The van der Waals surface area contributed by atoms with Gasteiger partial charge in [0.2, 0.25) is 15.9 Å². The van der Waals surface area contributed by atoms with E-state index in [9.17, 15) is 18.0 Å². The van der Waals surface area contributed by atoms with Gasteiger partial charge in [0.1, 0.15) is 5.00 Å². The van der Waals surface area contributed by atoms with Gasteiger partial charge in [0, 0.05) is 19.2 Å². The van der Waals surface area contributed by atoms with Crippen LogP contribution < -0.4 is 11.1 Å². The van der Waals surface area contributed by atoms with Gasteiger partial charge in [-0.2, -0.15) is 4.31 Å². The SMILES string of the molecule is NC(=O)c1ccsc1NC(=O)/C=C/c1ccc(S(=O)(=O)N2CCOCC2)cc1. The molecule has 0 unspecified atom stereocenters. The summed E-state index contributed by atoms with van der Waals surface area (Å²) in [7, 11) is -3.55. The van der Waals surface area contributed by atoms with Crippen LogP contribution in [0.1, 0.15) is 15.9 Å². The van der Waals surface area contributed by atoms with E-state index in [2.05, 4.69) is 5.32 Å². The number of carbonyl (C=O) groups excluding carboxylic acids is 2. The van der Waals surface area contributed by atoms with Gasteiger partial charge in [-0.15, -0.1) is 11.3 Å². The summed E-state index contributed by atoms with van der Waals surface area (Å²) in [6.45, 7) is 1.44. The predicted molar refractivity (Wildman–Crippen MR) is 107 cm³/mol. The third-order valence-corrected chi connectivity index (χ3v) is 6.83. The molecular weight excluding hydrogens is 402 g/mol. The van der Waals surface area contributed by atoms with Crippen LogP contribution >= 0.6 is 11.3 Å². The van der Waals surface area contributed by atoms with Crippen molar-refractivity contribution in [3.8, 4) is 0 Å². The molecule has 0 atom stereocenters. The van der Waals surface area contributed by atoms with E-state index < -0.39 is 21.8 Å². The first kappa shape index (κ1) is 20.2. The van der Waals surface area contributed by atoms with E-state index in [1.807, 2.05) is 0 Å². The third kappa shape index (κ3) is 4.65. The number of benzene rings is 1. The summed E-state index contributed by atoms with van der Waals surface area (Å²) in [5.74, 6) is -1.03. The Morgan fingerprint density at radius 3 is 2.46 bits per heavy atom. The summed E-state index contributed by atoms with van der Waals surface area (Å²) in [6.07, 6.45) is 2.86. The van der Waals surface area contributed by atoms with Crippen molar-refractivity contribution >= 4 is 44.3 Å². The molecule has 1 aromatic heterocycles. The fraction of sp³-hybridized carbons (Fsp3) is 0.222. The highest BCUT2D eigenvalue weighted by Crippen LogP contribution is 2.23. The van der Waals surface area contributed by atoms with E-state index in [4.69, 9.17) is 10.5 Å². The van der Waals surface area contributed by atoms with Gasteiger partial charge >= 0.3 is 0 Å². The van der Waals surface area contributed by atoms with Crippen LogP contribution in [-0.4, -0.2) is 50.8 Å². The van der Waals surface area contributed by atoms with Gasteiger partial charge in [-0.3, -0.25) is 9.59 Å². The zero-order valence-electron chi connectivity index (χ0n) is 14.8. The van der Waals surface area contributed by atoms with E-state index in [0.29, 0.717) is 36.9 Å². The molecule has 3 N–H and O–H groups in total. The van der Waals surface area contributed by atoms with E-state index in [1.54, 1.807) is 29.7 Å². The lowest BCUT2D eigenvalue weighted by Gasteiger charge is -2.26. The molecule has 1 fully saturated rings. The zero-order chi connectivity index (χ0) is 20.1. The van der Waals surface area contributed by atoms with Gasteiger partial charge in [-0.05, 0) is 35.2 Å². The fourth-order valence-corrected chi connectivity index (χ4v) is 4.82. The minimum absolute atomic E-state index is 0.195. The maximum absolute atomic E-state index is 12.6. The monoisotopic (exact) mass is 421 g/mol. The number of thiophene rings is 1. The molecule has 1 aliphatic rings. The van der Waals surface area contributed by atoms with Crippen molar-refractivity contribution < 1.29 is 22.7 Å². The lowest BCUT2D eigenvalue weighted by atomic mass is 10.2. The Labute approximate surface area is 166 Å². The second-order valence-electron chi connectivity index (χ2n) is 5.94. The molecule has 1 saturated heterocycles. The number of sulfonamides is 1. The van der Waals surface area contributed by atoms with Gasteiger partial charge in [-0.1, -0.05) is 12.1 Å². The number of morpholine rings is 1. The van der Waals surface area contributed by atoms with Crippen LogP contribution in [0.3, 0.4) is 0 Å². The third-order valence-electron chi connectivity index (χ3n) is 4.08. The predicted octanol–water partition coefficient (Wildman–Crippen LogP) is 1.52. The Hall–Kier alpha value is -2.53. The number of nitrogens with one attached hydrogen (secondary N) is 1. The first-order valence-electron chi connectivity index (χ1n) is 8.42. The molecule has 8 nitrogen and oxygen atoms in total. The van der Waals surface area contributed by atoms with Crippen molar-refractivity contribution in [2.45, 2.75) is 4.90 Å². The van der Waals surface area contributed by atoms with Crippen molar-refractivity contribution in [1.29, 1.82) is 0 Å². The number of nitrogens with two attached hydrogens (primary N) is 1. The van der Waals surface area contributed by atoms with Gasteiger partial charge < -0.3 is 15.8 Å². The molecule has 10 heteroatoms. The summed E-state index contributed by atoms with van der Waals surface area (Å²) in [4.78, 5) is 23.5. The molecule has 148 valence electrons. The van der Waals surface area contributed by atoms with E-state index in [-0.39, 0.29) is 10.5 Å². The largest absolute Gasteiger partial charge is 0.379 e. The highest BCUT2D eigenvalue weighted by Gasteiger charge is 2.25. The minimum atomic E-state index is -3.55. The Kier molecular flexibility index (Phi) is 6.25. The van der Waals surface area contributed by atoms with Crippen LogP contribution in [-0.2, 0) is 19.6 Å². The number of nitrogens with zero attached hydrogens (tertiary/aromatic N) is 1. The number of hydrogen-bond acceptors (Lipinski definition) is 6. The Morgan fingerprint density at radius 1 is 1.14 bits per heavy atom. The summed E-state index contributed by atoms with van der Waals surface area (Å²) >= 11 is 1.20. The number of hydrogen-bond donors (Lipinski definition) is 2. The molecule has 28 heavy (non-hydrogen) atoms. The van der Waals surface area contributed by atoms with Crippen molar-refractivity contribution in [3.05, 3.63) is 52.9 Å². The Balaban J connectivity index is 1.65. The molecule has 0 saturated carbocycles. The number of anilines is 1. The lowest BCUT2D eigenvalue weighted by Crippen LogP contribution is -2.40. The average Bonchev–Trinajstić information content (AvgIpc) is 3.16. The van der Waals surface area contributed by atoms with E-state index in [1.165, 1.54) is 33.9 Å². The summed E-state index contributed by atoms with van der Waals surface area (Å²) in [5, 5.41) is 4.64. The number of carbonyl (C=O) groups is 2. The quantitative estimate of drug-likeness (QED) is 0.686. The average molecular weight is 422 g/mol. The van der Waals surface area contributed by atoms with Crippen molar-refractivity contribution in [1.82, 2.24) is 4.31 Å². The summed E-state index contributed by atoms with van der Waals surface area (Å²) < 4.78 is 31.7. The molecule has 0 aliphatic carbocycles. The number of primary amides is 1. The molecule has 0 bridgehead atoms. The van der Waals surface area contributed by atoms with E-state index >= 15 is 0 Å². The topological polar surface area (TPSA) is 119 Å². The van der Waals surface area contributed by atoms with Crippen molar-refractivity contribution in [2.75, 3.05) is 31.6 Å². The highest BCUT2D eigenvalue weighted by atomic mass is 32.2. The normalized spacial score (nSPS) is 15.6. The molecule has 3 rings (SSSR count). The molecule has 0 radical (unpaired) electrons. The Morgan fingerprint density at radius 2 is 1.82 bits per heavy atom. The molecule has 2 amide bonds. The highest BCUT2D eigenvalue weighted by molar-refractivity contribution is 7.89. The molecular formula is C18H19N3O5S2. The second kappa shape index (κ2) is 8.65. The van der Waals surface area contributed by atoms with Gasteiger partial charge in [-0.25, -0.2) is 8.42 Å². The van der Waals surface area contributed by atoms with Crippen molar-refractivity contribution in [2.24, 2.45) is 5.73 Å². The van der Waals surface area contributed by atoms with Crippen LogP contribution in [0.4, 0.5) is 5.00 Å². The Bertz CT molecular complexity index is 990. The second-order valence-corrected chi connectivity index (χ2v) is 8.79. The first-order chi connectivity index (χ1) is 13.4. The smallest absolute Gasteiger partial charge is 0.251 e. The van der Waals surface area contributed by atoms with Gasteiger partial charge in [0.15, 0.2) is 0 Å². The molecule has 0 spiro atoms. The number of amides is 2. The standard InChI is InChI=1S/C18H19N3O5S2/c19-17(23)15-7-12-27-18(15)20-16(22)6-3-13-1-4-14(5-2-13)28(24,25)21-8-10-26-11-9-21/h1-7,12H,8-11H2,(H2,19,23)(H,20,22)/b6-3+. The molecule has 1 aliphatic heterocycles. The molecule has 1 aromatic carbocycles. The minimum Gasteiger partial charge on any atom is -0.379 e. The summed E-state index contributed by atoms with van der Waals surface area (Å²) in [5.41, 5.74) is 6.16. The summed E-state index contributed by atoms with van der Waals surface area (Å²) in [6, 6.07) is 7.80.